The van der Waals surface area contributed by atoms with Gasteiger partial charge in [-0.2, -0.15) is 0 Å². The summed E-state index contributed by atoms with van der Waals surface area (Å²) in [5.41, 5.74) is 4.17. The predicted octanol–water partition coefficient (Wildman–Crippen LogP) is 4.14. The van der Waals surface area contributed by atoms with Crippen LogP contribution >= 0.6 is 8.58 Å². The molecule has 2 aromatic rings. The number of rotatable bonds is 7. The first-order valence-electron chi connectivity index (χ1n) is 8.18. The zero-order valence-corrected chi connectivity index (χ0v) is 17.0. The molecule has 2 unspecified atom stereocenters. The molecule has 0 bridgehead atoms. The predicted molar refractivity (Wildman–Crippen MR) is 107 cm³/mol. The van der Waals surface area contributed by atoms with Crippen molar-refractivity contribution in [3.05, 3.63) is 58.7 Å². The van der Waals surface area contributed by atoms with Crippen molar-refractivity contribution in [2.75, 3.05) is 6.61 Å². The SMILES string of the molecule is CCOC(C)Oc1ccc(PC(=O)c2c(C)cccc2C)c(C)c1.[Li]. The van der Waals surface area contributed by atoms with E-state index in [2.05, 4.69) is 0 Å². The van der Waals surface area contributed by atoms with Crippen LogP contribution in [0.25, 0.3) is 0 Å². The van der Waals surface area contributed by atoms with Crippen LogP contribution in [0.15, 0.2) is 36.4 Å². The van der Waals surface area contributed by atoms with Gasteiger partial charge in [0, 0.05) is 31.0 Å². The molecule has 0 aliphatic carbocycles. The molecule has 0 heterocycles. The Morgan fingerprint density at radius 2 is 1.72 bits per heavy atom. The maximum Gasteiger partial charge on any atom is 0.196 e. The molecule has 3 nitrogen and oxygen atoms in total. The number of ether oxygens (including phenoxy) is 2. The first kappa shape index (κ1) is 21.9. The van der Waals surface area contributed by atoms with Crippen molar-refractivity contribution in [3.63, 3.8) is 0 Å². The van der Waals surface area contributed by atoms with Crippen LogP contribution in [0.1, 0.15) is 40.9 Å². The summed E-state index contributed by atoms with van der Waals surface area (Å²) in [4.78, 5) is 12.7. The summed E-state index contributed by atoms with van der Waals surface area (Å²) in [6.45, 7) is 10.4. The Morgan fingerprint density at radius 1 is 1.08 bits per heavy atom. The Kier molecular flexibility index (Phi) is 8.90. The van der Waals surface area contributed by atoms with Gasteiger partial charge >= 0.3 is 0 Å². The van der Waals surface area contributed by atoms with Gasteiger partial charge in [0.2, 0.25) is 0 Å². The summed E-state index contributed by atoms with van der Waals surface area (Å²) in [6, 6.07) is 11.8. The maximum atomic E-state index is 12.7. The second-order valence-corrected chi connectivity index (χ2v) is 7.08. The standard InChI is InChI=1S/C20H25O3P.Li/c1-6-22-16(5)23-17-10-11-18(15(4)12-17)24-20(21)19-13(2)8-7-9-14(19)3;/h7-12,16,24H,6H2,1-5H3;. The third kappa shape index (κ3) is 5.98. The van der Waals surface area contributed by atoms with E-state index in [0.29, 0.717) is 6.61 Å². The molecule has 2 rings (SSSR count). The fraction of sp³-hybridized carbons (Fsp3) is 0.350. The molecule has 0 fully saturated rings. The van der Waals surface area contributed by atoms with Gasteiger partial charge in [0.05, 0.1) is 0 Å². The van der Waals surface area contributed by atoms with E-state index < -0.39 is 0 Å². The van der Waals surface area contributed by atoms with Crippen LogP contribution in [0, 0.1) is 20.8 Å². The Bertz CT molecular complexity index is 711. The Balaban J connectivity index is 0.00000312. The van der Waals surface area contributed by atoms with Crippen LogP contribution < -0.4 is 10.0 Å². The molecule has 1 radical (unpaired) electrons. The molecule has 0 saturated heterocycles. The van der Waals surface area contributed by atoms with Gasteiger partial charge < -0.3 is 9.47 Å². The minimum absolute atomic E-state index is 0. The van der Waals surface area contributed by atoms with E-state index >= 15 is 0 Å². The fourth-order valence-electron chi connectivity index (χ4n) is 2.67. The van der Waals surface area contributed by atoms with Crippen molar-refractivity contribution < 1.29 is 14.3 Å². The minimum Gasteiger partial charge on any atom is -0.465 e. The van der Waals surface area contributed by atoms with Crippen molar-refractivity contribution in [1.29, 1.82) is 0 Å². The first-order valence-corrected chi connectivity index (χ1v) is 9.18. The van der Waals surface area contributed by atoms with Crippen LogP contribution in [0.5, 0.6) is 5.75 Å². The maximum absolute atomic E-state index is 12.7. The molecule has 25 heavy (non-hydrogen) atoms. The van der Waals surface area contributed by atoms with Gasteiger partial charge in [0.1, 0.15) is 5.75 Å². The second-order valence-electron chi connectivity index (χ2n) is 5.84. The van der Waals surface area contributed by atoms with Gasteiger partial charge in [-0.05, 0) is 77.3 Å². The summed E-state index contributed by atoms with van der Waals surface area (Å²) >= 11 is 0. The summed E-state index contributed by atoms with van der Waals surface area (Å²) in [5, 5.41) is 1.05. The van der Waals surface area contributed by atoms with E-state index in [1.54, 1.807) is 0 Å². The van der Waals surface area contributed by atoms with Crippen molar-refractivity contribution >= 4 is 38.3 Å². The summed E-state index contributed by atoms with van der Waals surface area (Å²) in [7, 11) is 0.114. The van der Waals surface area contributed by atoms with Crippen LogP contribution in [-0.4, -0.2) is 37.3 Å². The van der Waals surface area contributed by atoms with Gasteiger partial charge in [0.15, 0.2) is 11.8 Å². The minimum atomic E-state index is -0.279. The third-order valence-corrected chi connectivity index (χ3v) is 5.17. The van der Waals surface area contributed by atoms with E-state index in [4.69, 9.17) is 9.47 Å². The molecule has 129 valence electrons. The Morgan fingerprint density at radius 3 is 2.28 bits per heavy atom. The van der Waals surface area contributed by atoms with Gasteiger partial charge in [0.25, 0.3) is 0 Å². The topological polar surface area (TPSA) is 35.5 Å². The fourth-order valence-corrected chi connectivity index (χ4v) is 3.87. The largest absolute Gasteiger partial charge is 0.465 e. The van der Waals surface area contributed by atoms with Crippen molar-refractivity contribution in [2.45, 2.75) is 40.9 Å². The average molecular weight is 351 g/mol. The zero-order chi connectivity index (χ0) is 17.7. The Labute approximate surface area is 164 Å². The number of carbonyl (C=O) groups is 1. The monoisotopic (exact) mass is 351 g/mol. The summed E-state index contributed by atoms with van der Waals surface area (Å²) in [6.07, 6.45) is -0.279. The number of carbonyl (C=O) groups excluding carboxylic acids is 1. The van der Waals surface area contributed by atoms with Crippen LogP contribution in [0.2, 0.25) is 0 Å². The van der Waals surface area contributed by atoms with E-state index in [-0.39, 0.29) is 39.3 Å². The molecular weight excluding hydrogens is 326 g/mol. The molecule has 0 amide bonds. The molecular formula is C20H25LiO3P. The van der Waals surface area contributed by atoms with Gasteiger partial charge in [-0.15, -0.1) is 0 Å². The molecule has 0 aromatic heterocycles. The number of hydrogen-bond acceptors (Lipinski definition) is 3. The zero-order valence-electron chi connectivity index (χ0n) is 16.0. The molecule has 2 atom stereocenters. The first-order chi connectivity index (χ1) is 11.4. The molecule has 5 heteroatoms. The summed E-state index contributed by atoms with van der Waals surface area (Å²) in [5.74, 6) is 0.765. The van der Waals surface area contributed by atoms with Crippen LogP contribution in [-0.2, 0) is 4.74 Å². The number of hydrogen-bond donors (Lipinski definition) is 0. The second kappa shape index (κ2) is 10.1. The molecule has 0 aliphatic heterocycles. The van der Waals surface area contributed by atoms with E-state index in [1.807, 2.05) is 71.0 Å². The quantitative estimate of drug-likeness (QED) is 0.427. The molecule has 0 spiro atoms. The number of aryl methyl sites for hydroxylation is 3. The van der Waals surface area contributed by atoms with E-state index in [0.717, 1.165) is 33.3 Å². The third-order valence-electron chi connectivity index (χ3n) is 3.86. The van der Waals surface area contributed by atoms with Gasteiger partial charge in [-0.1, -0.05) is 24.3 Å². The smallest absolute Gasteiger partial charge is 0.196 e. The van der Waals surface area contributed by atoms with Gasteiger partial charge in [-0.3, -0.25) is 4.79 Å². The molecule has 0 saturated carbocycles. The van der Waals surface area contributed by atoms with Crippen molar-refractivity contribution in [3.8, 4) is 5.75 Å². The van der Waals surface area contributed by atoms with Crippen molar-refractivity contribution in [2.24, 2.45) is 0 Å². The Hall–Kier alpha value is -1.10. The average Bonchev–Trinajstić information content (AvgIpc) is 2.50. The van der Waals surface area contributed by atoms with Crippen LogP contribution in [0.3, 0.4) is 0 Å². The number of benzene rings is 2. The molecule has 0 N–H and O–H groups in total. The molecule has 2 aromatic carbocycles. The summed E-state index contributed by atoms with van der Waals surface area (Å²) < 4.78 is 11.1. The normalized spacial score (nSPS) is 12.0. The van der Waals surface area contributed by atoms with Gasteiger partial charge in [-0.25, -0.2) is 0 Å². The van der Waals surface area contributed by atoms with Crippen LogP contribution in [0.4, 0.5) is 0 Å². The van der Waals surface area contributed by atoms with E-state index in [1.165, 1.54) is 0 Å². The molecule has 0 aliphatic rings. The van der Waals surface area contributed by atoms with E-state index in [9.17, 15) is 4.79 Å². The van der Waals surface area contributed by atoms with Crippen molar-refractivity contribution in [1.82, 2.24) is 0 Å².